The topological polar surface area (TPSA) is 49.7 Å². The van der Waals surface area contributed by atoms with E-state index in [0.29, 0.717) is 6.61 Å². The molecule has 0 aliphatic heterocycles. The van der Waals surface area contributed by atoms with Crippen molar-refractivity contribution < 1.29 is 14.9 Å². The lowest BCUT2D eigenvalue weighted by atomic mass is 9.94. The van der Waals surface area contributed by atoms with Crippen LogP contribution in [0.3, 0.4) is 0 Å². The highest BCUT2D eigenvalue weighted by molar-refractivity contribution is 4.75. The minimum Gasteiger partial charge on any atom is -0.394 e. The minimum absolute atomic E-state index is 0.00811. The quantitative estimate of drug-likeness (QED) is 0.575. The highest BCUT2D eigenvalue weighted by atomic mass is 16.5. The Morgan fingerprint density at radius 2 is 2.00 bits per heavy atom. The van der Waals surface area contributed by atoms with Crippen molar-refractivity contribution in [1.29, 1.82) is 0 Å². The van der Waals surface area contributed by atoms with Gasteiger partial charge in [-0.3, -0.25) is 0 Å². The van der Waals surface area contributed by atoms with Gasteiger partial charge < -0.3 is 14.9 Å². The Bertz CT molecular complexity index is 99.5. The molecule has 68 valence electrons. The molecule has 0 saturated heterocycles. The fourth-order valence-corrected chi connectivity index (χ4v) is 0.510. The molecule has 0 rings (SSSR count). The van der Waals surface area contributed by atoms with Crippen LogP contribution in [-0.2, 0) is 4.74 Å². The van der Waals surface area contributed by atoms with Crippen molar-refractivity contribution in [1.82, 2.24) is 0 Å². The van der Waals surface area contributed by atoms with Crippen molar-refractivity contribution in [3.05, 3.63) is 0 Å². The van der Waals surface area contributed by atoms with Crippen LogP contribution in [-0.4, -0.2) is 35.6 Å². The van der Waals surface area contributed by atoms with Crippen molar-refractivity contribution in [3.8, 4) is 0 Å². The number of hydrogen-bond acceptors (Lipinski definition) is 3. The van der Waals surface area contributed by atoms with E-state index < -0.39 is 5.60 Å². The maximum Gasteiger partial charge on any atom is 0.0874 e. The molecule has 0 radical (unpaired) electrons. The van der Waals surface area contributed by atoms with E-state index in [1.165, 1.54) is 0 Å². The minimum atomic E-state index is -0.783. The van der Waals surface area contributed by atoms with E-state index in [4.69, 9.17) is 9.84 Å². The molecule has 0 fully saturated rings. The molecule has 0 aromatic carbocycles. The zero-order valence-electron chi connectivity index (χ0n) is 7.50. The molecule has 0 bridgehead atoms. The van der Waals surface area contributed by atoms with Crippen molar-refractivity contribution in [2.24, 2.45) is 5.92 Å². The number of aliphatic hydroxyl groups is 2. The van der Waals surface area contributed by atoms with Gasteiger partial charge in [-0.2, -0.15) is 0 Å². The van der Waals surface area contributed by atoms with Crippen LogP contribution >= 0.6 is 0 Å². The molecular weight excluding hydrogens is 144 g/mol. The smallest absolute Gasteiger partial charge is 0.0874 e. The van der Waals surface area contributed by atoms with E-state index in [2.05, 4.69) is 0 Å². The van der Waals surface area contributed by atoms with E-state index in [1.807, 2.05) is 13.8 Å². The molecule has 11 heavy (non-hydrogen) atoms. The molecule has 0 heterocycles. The summed E-state index contributed by atoms with van der Waals surface area (Å²) in [6.07, 6.45) is 0. The number of aliphatic hydroxyl groups excluding tert-OH is 1. The summed E-state index contributed by atoms with van der Waals surface area (Å²) in [6.45, 7) is 6.18. The van der Waals surface area contributed by atoms with E-state index in [1.54, 1.807) is 6.92 Å². The predicted octanol–water partition coefficient (Wildman–Crippen LogP) is 0.402. The second-order valence-electron chi connectivity index (χ2n) is 3.29. The summed E-state index contributed by atoms with van der Waals surface area (Å²) in [4.78, 5) is 0. The molecule has 0 aromatic rings. The lowest BCUT2D eigenvalue weighted by Gasteiger charge is -2.26. The van der Waals surface area contributed by atoms with Gasteiger partial charge in [0, 0.05) is 0 Å². The Labute approximate surface area is 68.0 Å². The van der Waals surface area contributed by atoms with E-state index in [0.717, 1.165) is 0 Å². The van der Waals surface area contributed by atoms with Crippen LogP contribution in [0.1, 0.15) is 20.8 Å². The van der Waals surface area contributed by atoms with Gasteiger partial charge in [0.25, 0.3) is 0 Å². The fraction of sp³-hybridized carbons (Fsp3) is 1.00. The summed E-state index contributed by atoms with van der Waals surface area (Å²) < 4.78 is 5.01. The Morgan fingerprint density at radius 1 is 1.45 bits per heavy atom. The van der Waals surface area contributed by atoms with Crippen LogP contribution in [0.15, 0.2) is 0 Å². The zero-order chi connectivity index (χ0) is 8.91. The maximum absolute atomic E-state index is 9.61. The molecule has 1 atom stereocenters. The van der Waals surface area contributed by atoms with Gasteiger partial charge in [-0.05, 0) is 12.8 Å². The summed E-state index contributed by atoms with van der Waals surface area (Å²) >= 11 is 0. The third kappa shape index (κ3) is 4.35. The van der Waals surface area contributed by atoms with Crippen LogP contribution < -0.4 is 0 Å². The van der Waals surface area contributed by atoms with Crippen molar-refractivity contribution in [3.63, 3.8) is 0 Å². The Hall–Kier alpha value is -0.120. The Kier molecular flexibility index (Phi) is 4.65. The van der Waals surface area contributed by atoms with Gasteiger partial charge in [-0.25, -0.2) is 0 Å². The predicted molar refractivity (Wildman–Crippen MR) is 43.4 cm³/mol. The highest BCUT2D eigenvalue weighted by Crippen LogP contribution is 2.15. The summed E-state index contributed by atoms with van der Waals surface area (Å²) in [5.41, 5.74) is -0.783. The Balaban J connectivity index is 3.55. The monoisotopic (exact) mass is 162 g/mol. The molecule has 0 aliphatic carbocycles. The maximum atomic E-state index is 9.61. The normalized spacial score (nSPS) is 16.9. The average Bonchev–Trinajstić information content (AvgIpc) is 1.88. The molecular formula is C8H18O3. The summed E-state index contributed by atoms with van der Waals surface area (Å²) in [5.74, 6) is 0.168. The first kappa shape index (κ1) is 10.9. The van der Waals surface area contributed by atoms with Crippen molar-refractivity contribution in [2.75, 3.05) is 19.8 Å². The molecule has 2 N–H and O–H groups in total. The summed E-state index contributed by atoms with van der Waals surface area (Å²) in [5, 5.41) is 18.0. The molecule has 0 aliphatic rings. The molecule has 0 spiro atoms. The highest BCUT2D eigenvalue weighted by Gasteiger charge is 2.24. The Morgan fingerprint density at radius 3 is 2.36 bits per heavy atom. The molecule has 3 nitrogen and oxygen atoms in total. The molecule has 0 saturated carbocycles. The average molecular weight is 162 g/mol. The van der Waals surface area contributed by atoms with Gasteiger partial charge in [0.1, 0.15) is 0 Å². The summed E-state index contributed by atoms with van der Waals surface area (Å²) in [7, 11) is 0. The van der Waals surface area contributed by atoms with Crippen LogP contribution in [0.4, 0.5) is 0 Å². The molecule has 3 heteroatoms. The molecule has 1 unspecified atom stereocenters. The first-order valence-corrected chi connectivity index (χ1v) is 3.91. The van der Waals surface area contributed by atoms with Gasteiger partial charge in [0.05, 0.1) is 25.4 Å². The van der Waals surface area contributed by atoms with Crippen molar-refractivity contribution >= 4 is 0 Å². The van der Waals surface area contributed by atoms with E-state index in [-0.39, 0.29) is 19.1 Å². The third-order valence-electron chi connectivity index (χ3n) is 1.87. The van der Waals surface area contributed by atoms with Crippen LogP contribution in [0.2, 0.25) is 0 Å². The lowest BCUT2D eigenvalue weighted by molar-refractivity contribution is -0.0679. The number of hydrogen-bond donors (Lipinski definition) is 2. The van der Waals surface area contributed by atoms with Crippen LogP contribution in [0.5, 0.6) is 0 Å². The third-order valence-corrected chi connectivity index (χ3v) is 1.87. The summed E-state index contributed by atoms with van der Waals surface area (Å²) in [6, 6.07) is 0. The van der Waals surface area contributed by atoms with Gasteiger partial charge >= 0.3 is 0 Å². The van der Waals surface area contributed by atoms with Crippen LogP contribution in [0.25, 0.3) is 0 Å². The second-order valence-corrected chi connectivity index (χ2v) is 3.29. The van der Waals surface area contributed by atoms with Crippen LogP contribution in [0, 0.1) is 5.92 Å². The SMILES string of the molecule is CC(C)C(C)(O)COCCO. The second kappa shape index (κ2) is 4.70. The van der Waals surface area contributed by atoms with Gasteiger partial charge in [-0.15, -0.1) is 0 Å². The van der Waals surface area contributed by atoms with Crippen molar-refractivity contribution in [2.45, 2.75) is 26.4 Å². The zero-order valence-corrected chi connectivity index (χ0v) is 7.50. The van der Waals surface area contributed by atoms with E-state index >= 15 is 0 Å². The first-order chi connectivity index (χ1) is 5.00. The largest absolute Gasteiger partial charge is 0.394 e. The van der Waals surface area contributed by atoms with Gasteiger partial charge in [0.2, 0.25) is 0 Å². The fourth-order valence-electron chi connectivity index (χ4n) is 0.510. The molecule has 0 amide bonds. The number of rotatable bonds is 5. The van der Waals surface area contributed by atoms with Gasteiger partial charge in [-0.1, -0.05) is 13.8 Å². The first-order valence-electron chi connectivity index (χ1n) is 3.91. The lowest BCUT2D eigenvalue weighted by Crippen LogP contribution is -2.36. The standard InChI is InChI=1S/C8H18O3/c1-7(2)8(3,10)6-11-5-4-9/h7,9-10H,4-6H2,1-3H3. The van der Waals surface area contributed by atoms with Gasteiger partial charge in [0.15, 0.2) is 0 Å². The number of ether oxygens (including phenoxy) is 1. The molecule has 0 aromatic heterocycles. The van der Waals surface area contributed by atoms with E-state index in [9.17, 15) is 5.11 Å².